The maximum absolute atomic E-state index is 12.9. The van der Waals surface area contributed by atoms with Gasteiger partial charge in [0.05, 0.1) is 23.0 Å². The molecule has 3 N–H and O–H groups in total. The van der Waals surface area contributed by atoms with Gasteiger partial charge < -0.3 is 25.4 Å². The molecule has 184 valence electrons. The monoisotopic (exact) mass is 479 g/mol. The molecule has 0 unspecified atom stereocenters. The number of rotatable bonds is 4. The molecule has 3 aromatic rings. The lowest BCUT2D eigenvalue weighted by Gasteiger charge is -2.38. The van der Waals surface area contributed by atoms with Crippen LogP contribution in [0.2, 0.25) is 0 Å². The van der Waals surface area contributed by atoms with E-state index in [1.165, 1.54) is 4.90 Å². The number of hydrogen-bond acceptors (Lipinski definition) is 6. The van der Waals surface area contributed by atoms with Gasteiger partial charge in [-0.1, -0.05) is 6.92 Å². The molecule has 4 rings (SSSR count). The van der Waals surface area contributed by atoms with E-state index >= 15 is 0 Å². The van der Waals surface area contributed by atoms with E-state index in [9.17, 15) is 14.4 Å². The summed E-state index contributed by atoms with van der Waals surface area (Å²) in [6.07, 6.45) is 4.14. The van der Waals surface area contributed by atoms with E-state index in [1.54, 1.807) is 38.2 Å². The predicted octanol–water partition coefficient (Wildman–Crippen LogP) is 1.83. The molecule has 0 aromatic carbocycles. The van der Waals surface area contributed by atoms with Gasteiger partial charge in [0.25, 0.3) is 0 Å². The number of nitrogens with one attached hydrogen (secondary N) is 3. The van der Waals surface area contributed by atoms with Crippen molar-refractivity contribution in [2.24, 2.45) is 5.92 Å². The molecular weight excluding hydrogens is 450 g/mol. The van der Waals surface area contributed by atoms with Gasteiger partial charge >= 0.3 is 17.8 Å². The molecule has 35 heavy (non-hydrogen) atoms. The number of carbonyl (C=O) groups is 3. The van der Waals surface area contributed by atoms with E-state index in [2.05, 4.69) is 27.5 Å². The van der Waals surface area contributed by atoms with Crippen molar-refractivity contribution in [3.63, 3.8) is 0 Å². The van der Waals surface area contributed by atoms with Crippen LogP contribution in [0.5, 0.6) is 0 Å². The highest BCUT2D eigenvalue weighted by Gasteiger charge is 2.34. The summed E-state index contributed by atoms with van der Waals surface area (Å²) in [7, 11) is 1.60. The van der Waals surface area contributed by atoms with Gasteiger partial charge in [-0.3, -0.25) is 14.3 Å². The van der Waals surface area contributed by atoms with Crippen molar-refractivity contribution in [1.82, 2.24) is 34.9 Å². The average molecular weight is 480 g/mol. The zero-order chi connectivity index (χ0) is 25.3. The molecule has 4 heterocycles. The third-order valence-corrected chi connectivity index (χ3v) is 6.25. The van der Waals surface area contributed by atoms with Crippen LogP contribution >= 0.6 is 0 Å². The summed E-state index contributed by atoms with van der Waals surface area (Å²) in [5, 5.41) is 20.3. The first-order chi connectivity index (χ1) is 16.7. The Morgan fingerprint density at radius 1 is 1.31 bits per heavy atom. The number of aromatic nitrogens is 4. The van der Waals surface area contributed by atoms with Crippen molar-refractivity contribution >= 4 is 45.6 Å². The largest absolute Gasteiger partial charge is 0.346 e. The Hall–Kier alpha value is -4.14. The van der Waals surface area contributed by atoms with Crippen LogP contribution in [0.4, 0.5) is 10.6 Å². The van der Waals surface area contributed by atoms with Gasteiger partial charge in [0.15, 0.2) is 5.82 Å². The Bertz CT molecular complexity index is 1320. The first kappa shape index (κ1) is 24.0. The van der Waals surface area contributed by atoms with Gasteiger partial charge in [-0.25, -0.2) is 9.78 Å². The SMILES string of the molecule is CC(C)NC(=O)C(=O)Nc1nn([C@H]2CN(C(=O)N(C)CC#N)CC[C@H]2C)c2c1cnc1[nH]ccc12. The summed E-state index contributed by atoms with van der Waals surface area (Å²) in [5.74, 6) is -1.15. The van der Waals surface area contributed by atoms with Crippen LogP contribution in [-0.4, -0.2) is 80.1 Å². The second-order valence-corrected chi connectivity index (χ2v) is 9.21. The minimum absolute atomic E-state index is 0.00448. The summed E-state index contributed by atoms with van der Waals surface area (Å²) in [6, 6.07) is 3.29. The summed E-state index contributed by atoms with van der Waals surface area (Å²) in [5.41, 5.74) is 1.42. The number of nitriles is 1. The zero-order valence-corrected chi connectivity index (χ0v) is 20.2. The molecule has 2 atom stereocenters. The zero-order valence-electron chi connectivity index (χ0n) is 20.2. The lowest BCUT2D eigenvalue weighted by Crippen LogP contribution is -2.48. The second-order valence-electron chi connectivity index (χ2n) is 9.21. The highest BCUT2D eigenvalue weighted by molar-refractivity contribution is 6.40. The van der Waals surface area contributed by atoms with Gasteiger partial charge in [0, 0.05) is 44.0 Å². The quantitative estimate of drug-likeness (QED) is 0.383. The molecule has 1 fully saturated rings. The normalized spacial score (nSPS) is 18.0. The lowest BCUT2D eigenvalue weighted by atomic mass is 9.93. The fraction of sp³-hybridized carbons (Fsp3) is 0.478. The summed E-state index contributed by atoms with van der Waals surface area (Å²) in [6.45, 7) is 6.61. The number of piperidine rings is 1. The van der Waals surface area contributed by atoms with Crippen molar-refractivity contribution in [3.8, 4) is 6.07 Å². The number of likely N-dealkylation sites (tertiary alicyclic amines) is 1. The Balaban J connectivity index is 1.74. The average Bonchev–Trinajstić information content (AvgIpc) is 3.43. The van der Waals surface area contributed by atoms with E-state index < -0.39 is 11.8 Å². The van der Waals surface area contributed by atoms with Crippen LogP contribution in [0.15, 0.2) is 18.5 Å². The van der Waals surface area contributed by atoms with Crippen molar-refractivity contribution in [2.45, 2.75) is 39.3 Å². The molecule has 1 saturated heterocycles. The van der Waals surface area contributed by atoms with Gasteiger partial charge in [-0.05, 0) is 32.3 Å². The molecule has 0 bridgehead atoms. The Kier molecular flexibility index (Phi) is 6.59. The first-order valence-electron chi connectivity index (χ1n) is 11.5. The minimum atomic E-state index is -0.814. The predicted molar refractivity (Wildman–Crippen MR) is 129 cm³/mol. The standard InChI is InChI=1S/C23H29N9O3/c1-13(2)27-21(33)22(34)28-20-16-11-26-19-15(5-8-25-19)18(16)32(29-20)17-12-31(9-6-14(17)3)23(35)30(4)10-7-24/h5,8,11,13-14,17H,6,9-10,12H2,1-4H3,(H,25,26)(H,27,33)(H,28,29,34)/t14-,17+/m1/s1. The Morgan fingerprint density at radius 2 is 2.09 bits per heavy atom. The topological polar surface area (TPSA) is 152 Å². The van der Waals surface area contributed by atoms with Crippen molar-refractivity contribution in [3.05, 3.63) is 18.5 Å². The number of pyridine rings is 1. The molecular formula is C23H29N9O3. The summed E-state index contributed by atoms with van der Waals surface area (Å²) in [4.78, 5) is 48.3. The number of aromatic amines is 1. The highest BCUT2D eigenvalue weighted by Crippen LogP contribution is 2.35. The number of urea groups is 1. The third-order valence-electron chi connectivity index (χ3n) is 6.25. The molecule has 0 saturated carbocycles. The number of anilines is 1. The van der Waals surface area contributed by atoms with Crippen LogP contribution in [0, 0.1) is 17.2 Å². The molecule has 0 aliphatic carbocycles. The van der Waals surface area contributed by atoms with E-state index in [-0.39, 0.29) is 36.4 Å². The molecule has 4 amide bonds. The van der Waals surface area contributed by atoms with E-state index in [4.69, 9.17) is 10.4 Å². The number of nitrogens with zero attached hydrogens (tertiary/aromatic N) is 6. The van der Waals surface area contributed by atoms with Crippen molar-refractivity contribution in [1.29, 1.82) is 5.26 Å². The first-order valence-corrected chi connectivity index (χ1v) is 11.5. The number of amides is 4. The Morgan fingerprint density at radius 3 is 2.80 bits per heavy atom. The Labute approximate surface area is 202 Å². The van der Waals surface area contributed by atoms with Gasteiger partial charge in [-0.15, -0.1) is 0 Å². The number of hydrogen-bond donors (Lipinski definition) is 3. The molecule has 0 spiro atoms. The van der Waals surface area contributed by atoms with Crippen molar-refractivity contribution in [2.75, 3.05) is 32.0 Å². The highest BCUT2D eigenvalue weighted by atomic mass is 16.2. The molecule has 0 radical (unpaired) electrons. The third kappa shape index (κ3) is 4.62. The maximum Gasteiger partial charge on any atom is 0.320 e. The van der Waals surface area contributed by atoms with Gasteiger partial charge in [0.2, 0.25) is 0 Å². The van der Waals surface area contributed by atoms with Crippen LogP contribution in [0.25, 0.3) is 21.9 Å². The summed E-state index contributed by atoms with van der Waals surface area (Å²) >= 11 is 0. The fourth-order valence-corrected chi connectivity index (χ4v) is 4.41. The molecule has 12 heteroatoms. The number of carbonyl (C=O) groups excluding carboxylic acids is 3. The smallest absolute Gasteiger partial charge is 0.320 e. The molecule has 1 aliphatic heterocycles. The van der Waals surface area contributed by atoms with Crippen molar-refractivity contribution < 1.29 is 14.4 Å². The van der Waals surface area contributed by atoms with Crippen LogP contribution in [0.1, 0.15) is 33.2 Å². The van der Waals surface area contributed by atoms with E-state index in [0.717, 1.165) is 17.3 Å². The van der Waals surface area contributed by atoms with Crippen LogP contribution < -0.4 is 10.6 Å². The molecule has 12 nitrogen and oxygen atoms in total. The van der Waals surface area contributed by atoms with E-state index in [0.29, 0.717) is 24.1 Å². The molecule has 3 aromatic heterocycles. The lowest BCUT2D eigenvalue weighted by molar-refractivity contribution is -0.136. The van der Waals surface area contributed by atoms with Gasteiger partial charge in [-0.2, -0.15) is 10.4 Å². The second kappa shape index (κ2) is 9.61. The van der Waals surface area contributed by atoms with Crippen LogP contribution in [0.3, 0.4) is 0 Å². The molecule has 1 aliphatic rings. The number of H-pyrrole nitrogens is 1. The maximum atomic E-state index is 12.9. The van der Waals surface area contributed by atoms with Gasteiger partial charge in [0.1, 0.15) is 12.2 Å². The fourth-order valence-electron chi connectivity index (χ4n) is 4.41. The number of fused-ring (bicyclic) bond motifs is 3. The van der Waals surface area contributed by atoms with E-state index in [1.807, 2.05) is 16.8 Å². The summed E-state index contributed by atoms with van der Waals surface area (Å²) < 4.78 is 1.83. The minimum Gasteiger partial charge on any atom is -0.346 e. The van der Waals surface area contributed by atoms with Crippen LogP contribution in [-0.2, 0) is 9.59 Å².